The van der Waals surface area contributed by atoms with E-state index in [1.807, 2.05) is 31.2 Å². The van der Waals surface area contributed by atoms with Gasteiger partial charge in [-0.05, 0) is 48.1 Å². The quantitative estimate of drug-likeness (QED) is 0.433. The molecule has 0 aliphatic heterocycles. The zero-order chi connectivity index (χ0) is 24.8. The number of ether oxygens (including phenoxy) is 1. The van der Waals surface area contributed by atoms with E-state index in [2.05, 4.69) is 19.2 Å². The Morgan fingerprint density at radius 2 is 1.65 bits per heavy atom. The average molecular weight is 461 g/mol. The number of nitrogens with zero attached hydrogens (tertiary/aromatic N) is 1. The van der Waals surface area contributed by atoms with Gasteiger partial charge in [-0.1, -0.05) is 50.2 Å². The molecular formula is C27H32N4O3. The van der Waals surface area contributed by atoms with Crippen molar-refractivity contribution >= 4 is 17.6 Å². The monoisotopic (exact) mass is 460 g/mol. The fourth-order valence-electron chi connectivity index (χ4n) is 4.01. The second-order valence-electron chi connectivity index (χ2n) is 8.57. The Bertz CT molecular complexity index is 1190. The van der Waals surface area contributed by atoms with Crippen LogP contribution in [0.25, 0.3) is 11.1 Å². The molecule has 1 aromatic heterocycles. The van der Waals surface area contributed by atoms with E-state index in [0.29, 0.717) is 23.8 Å². The summed E-state index contributed by atoms with van der Waals surface area (Å²) in [5.74, 6) is -0.615. The normalized spacial score (nSPS) is 10.9. The summed E-state index contributed by atoms with van der Waals surface area (Å²) in [4.78, 5) is 30.4. The van der Waals surface area contributed by atoms with Crippen LogP contribution < -0.4 is 16.8 Å². The van der Waals surface area contributed by atoms with Crippen LogP contribution in [0.1, 0.15) is 57.1 Å². The summed E-state index contributed by atoms with van der Waals surface area (Å²) in [5, 5.41) is 3.01. The highest BCUT2D eigenvalue weighted by atomic mass is 16.5. The predicted molar refractivity (Wildman–Crippen MR) is 134 cm³/mol. The van der Waals surface area contributed by atoms with Crippen LogP contribution in [0.3, 0.4) is 0 Å². The van der Waals surface area contributed by atoms with Gasteiger partial charge in [-0.3, -0.25) is 9.78 Å². The van der Waals surface area contributed by atoms with E-state index in [1.54, 1.807) is 24.3 Å². The first-order chi connectivity index (χ1) is 16.3. The number of rotatable bonds is 8. The van der Waals surface area contributed by atoms with Crippen molar-refractivity contribution in [3.8, 4) is 11.1 Å². The number of anilines is 1. The largest absolute Gasteiger partial charge is 0.465 e. The van der Waals surface area contributed by atoms with Crippen LogP contribution in [0.15, 0.2) is 48.5 Å². The summed E-state index contributed by atoms with van der Waals surface area (Å²) in [6.07, 6.45) is 0.765. The van der Waals surface area contributed by atoms with Gasteiger partial charge >= 0.3 is 5.97 Å². The lowest BCUT2D eigenvalue weighted by Crippen LogP contribution is -2.20. The van der Waals surface area contributed by atoms with Gasteiger partial charge in [0, 0.05) is 24.3 Å². The lowest BCUT2D eigenvalue weighted by molar-refractivity contribution is 0.0597. The Hall–Kier alpha value is -3.55. The van der Waals surface area contributed by atoms with E-state index < -0.39 is 11.9 Å². The number of nitrogens with two attached hydrogens (primary N) is 2. The molecular weight excluding hydrogens is 428 g/mol. The molecule has 3 aromatic rings. The lowest BCUT2D eigenvalue weighted by Gasteiger charge is -2.22. The lowest BCUT2D eigenvalue weighted by atomic mass is 9.92. The highest BCUT2D eigenvalue weighted by Gasteiger charge is 2.23. The van der Waals surface area contributed by atoms with Crippen molar-refractivity contribution in [2.24, 2.45) is 17.4 Å². The molecule has 0 saturated carbocycles. The number of benzene rings is 2. The molecule has 0 spiro atoms. The van der Waals surface area contributed by atoms with Crippen LogP contribution in [-0.2, 0) is 24.2 Å². The summed E-state index contributed by atoms with van der Waals surface area (Å²) in [7, 11) is 1.29. The number of hydrogen-bond acceptors (Lipinski definition) is 6. The third-order valence-corrected chi connectivity index (χ3v) is 5.66. The summed E-state index contributed by atoms with van der Waals surface area (Å²) in [5.41, 5.74) is 18.2. The molecule has 0 aliphatic carbocycles. The van der Waals surface area contributed by atoms with Crippen molar-refractivity contribution in [2.75, 3.05) is 12.4 Å². The van der Waals surface area contributed by atoms with Gasteiger partial charge in [-0.2, -0.15) is 0 Å². The van der Waals surface area contributed by atoms with Crippen LogP contribution in [0.2, 0.25) is 0 Å². The molecule has 0 radical (unpaired) electrons. The number of carbonyl (C=O) groups is 2. The van der Waals surface area contributed by atoms with Crippen LogP contribution in [0, 0.1) is 12.8 Å². The number of methoxy groups -OCH3 is 1. The van der Waals surface area contributed by atoms with Gasteiger partial charge in [0.25, 0.3) is 5.91 Å². The molecule has 0 atom stereocenters. The van der Waals surface area contributed by atoms with E-state index in [1.165, 1.54) is 7.11 Å². The molecule has 3 rings (SSSR count). The SMILES string of the molecule is COC(=O)c1ccccc1C(=O)Nc1c(C)nc(CC(C)C)c(CN)c1-c1ccc(CN)cc1. The number of amides is 1. The van der Waals surface area contributed by atoms with E-state index in [9.17, 15) is 9.59 Å². The predicted octanol–water partition coefficient (Wildman–Crippen LogP) is 4.21. The first-order valence-corrected chi connectivity index (χ1v) is 11.3. The standard InChI is InChI=1S/C27H32N4O3/c1-16(2)13-23-22(15-29)24(19-11-9-18(14-28)10-12-19)25(17(3)30-23)31-26(32)20-7-5-6-8-21(20)27(33)34-4/h5-12,16H,13-15,28-29H2,1-4H3,(H,31,32). The second-order valence-corrected chi connectivity index (χ2v) is 8.57. The van der Waals surface area contributed by atoms with Crippen molar-refractivity contribution in [1.29, 1.82) is 0 Å². The molecule has 178 valence electrons. The van der Waals surface area contributed by atoms with Crippen molar-refractivity contribution in [3.63, 3.8) is 0 Å². The fourth-order valence-corrected chi connectivity index (χ4v) is 4.01. The molecule has 34 heavy (non-hydrogen) atoms. The Morgan fingerprint density at radius 3 is 2.21 bits per heavy atom. The molecule has 2 aromatic carbocycles. The summed E-state index contributed by atoms with van der Waals surface area (Å²) < 4.78 is 4.85. The van der Waals surface area contributed by atoms with Gasteiger partial charge in [0.15, 0.2) is 0 Å². The Morgan fingerprint density at radius 1 is 1.00 bits per heavy atom. The van der Waals surface area contributed by atoms with Crippen LogP contribution in [-0.4, -0.2) is 24.0 Å². The Kier molecular flexibility index (Phi) is 8.15. The molecule has 5 N–H and O–H groups in total. The van der Waals surface area contributed by atoms with E-state index in [0.717, 1.165) is 34.4 Å². The number of hydrogen-bond donors (Lipinski definition) is 3. The van der Waals surface area contributed by atoms with Gasteiger partial charge in [-0.15, -0.1) is 0 Å². The molecule has 0 fully saturated rings. The van der Waals surface area contributed by atoms with Crippen molar-refractivity contribution in [3.05, 3.63) is 82.2 Å². The second kappa shape index (κ2) is 11.0. The molecule has 7 heteroatoms. The average Bonchev–Trinajstić information content (AvgIpc) is 2.84. The maximum absolute atomic E-state index is 13.4. The minimum atomic E-state index is -0.576. The van der Waals surface area contributed by atoms with Gasteiger partial charge < -0.3 is 21.5 Å². The number of pyridine rings is 1. The molecule has 1 heterocycles. The zero-order valence-electron chi connectivity index (χ0n) is 20.1. The van der Waals surface area contributed by atoms with Gasteiger partial charge in [0.2, 0.25) is 0 Å². The molecule has 0 unspecified atom stereocenters. The maximum atomic E-state index is 13.4. The van der Waals surface area contributed by atoms with Crippen molar-refractivity contribution in [1.82, 2.24) is 4.98 Å². The number of carbonyl (C=O) groups excluding carboxylic acids is 2. The van der Waals surface area contributed by atoms with E-state index >= 15 is 0 Å². The minimum absolute atomic E-state index is 0.192. The molecule has 1 amide bonds. The van der Waals surface area contributed by atoms with Gasteiger partial charge in [0.1, 0.15) is 0 Å². The van der Waals surface area contributed by atoms with Crippen molar-refractivity contribution < 1.29 is 14.3 Å². The Balaban J connectivity index is 2.18. The summed E-state index contributed by atoms with van der Waals surface area (Å²) in [6.45, 7) is 6.83. The molecule has 0 saturated heterocycles. The Labute approximate surface area is 200 Å². The van der Waals surface area contributed by atoms with Crippen LogP contribution in [0.4, 0.5) is 5.69 Å². The highest BCUT2D eigenvalue weighted by Crippen LogP contribution is 2.36. The number of nitrogens with one attached hydrogen (secondary N) is 1. The fraction of sp³-hybridized carbons (Fsp3) is 0.296. The number of aromatic nitrogens is 1. The van der Waals surface area contributed by atoms with Gasteiger partial charge in [-0.25, -0.2) is 4.79 Å². The third kappa shape index (κ3) is 5.32. The maximum Gasteiger partial charge on any atom is 0.338 e. The summed E-state index contributed by atoms with van der Waals surface area (Å²) >= 11 is 0. The number of esters is 1. The van der Waals surface area contributed by atoms with Crippen LogP contribution >= 0.6 is 0 Å². The van der Waals surface area contributed by atoms with E-state index in [-0.39, 0.29) is 17.7 Å². The third-order valence-electron chi connectivity index (χ3n) is 5.66. The summed E-state index contributed by atoms with van der Waals surface area (Å²) in [6, 6.07) is 14.4. The zero-order valence-corrected chi connectivity index (χ0v) is 20.1. The van der Waals surface area contributed by atoms with Gasteiger partial charge in [0.05, 0.1) is 29.6 Å². The molecule has 0 aliphatic rings. The highest BCUT2D eigenvalue weighted by molar-refractivity contribution is 6.12. The first kappa shape index (κ1) is 25.1. The topological polar surface area (TPSA) is 120 Å². The minimum Gasteiger partial charge on any atom is -0.465 e. The van der Waals surface area contributed by atoms with Crippen molar-refractivity contribution in [2.45, 2.75) is 40.3 Å². The number of aryl methyl sites for hydroxylation is 1. The molecule has 0 bridgehead atoms. The van der Waals surface area contributed by atoms with E-state index in [4.69, 9.17) is 21.2 Å². The van der Waals surface area contributed by atoms with Crippen LogP contribution in [0.5, 0.6) is 0 Å². The molecule has 7 nitrogen and oxygen atoms in total. The first-order valence-electron chi connectivity index (χ1n) is 11.3. The smallest absolute Gasteiger partial charge is 0.338 e.